The topological polar surface area (TPSA) is 73.2 Å². The van der Waals surface area contributed by atoms with E-state index in [4.69, 9.17) is 4.74 Å². The van der Waals surface area contributed by atoms with E-state index in [0.717, 1.165) is 23.6 Å². The Morgan fingerprint density at radius 2 is 1.83 bits per heavy atom. The lowest BCUT2D eigenvalue weighted by Gasteiger charge is -2.08. The van der Waals surface area contributed by atoms with E-state index >= 15 is 0 Å². The number of aromatic nitrogens is 2. The zero-order valence-electron chi connectivity index (χ0n) is 16.2. The number of amides is 1. The Bertz CT molecular complexity index is 939. The van der Waals surface area contributed by atoms with Crippen LogP contribution >= 0.6 is 11.8 Å². The highest BCUT2D eigenvalue weighted by molar-refractivity contribution is 7.99. The second kappa shape index (κ2) is 10.5. The van der Waals surface area contributed by atoms with Gasteiger partial charge in [0.05, 0.1) is 11.3 Å². The molecule has 0 atom stereocenters. The number of nitrogens with zero attached hydrogens (tertiary/aromatic N) is 2. The van der Waals surface area contributed by atoms with E-state index in [1.165, 1.54) is 4.90 Å². The van der Waals surface area contributed by atoms with Gasteiger partial charge in [-0.2, -0.15) is 5.10 Å². The fourth-order valence-electron chi connectivity index (χ4n) is 2.65. The first-order valence-corrected chi connectivity index (χ1v) is 10.3. The summed E-state index contributed by atoms with van der Waals surface area (Å²) in [5.41, 5.74) is 2.25. The molecule has 0 radical (unpaired) electrons. The summed E-state index contributed by atoms with van der Waals surface area (Å²) in [4.78, 5) is 25.2. The minimum absolute atomic E-state index is 0.287. The molecule has 0 fully saturated rings. The van der Waals surface area contributed by atoms with Crippen LogP contribution in [0.25, 0.3) is 5.69 Å². The second-order valence-electron chi connectivity index (χ2n) is 6.37. The number of rotatable bonds is 9. The normalized spacial score (nSPS) is 10.5. The second-order valence-corrected chi connectivity index (χ2v) is 7.54. The first-order chi connectivity index (χ1) is 14.1. The molecule has 1 amide bonds. The Morgan fingerprint density at radius 3 is 2.52 bits per heavy atom. The van der Waals surface area contributed by atoms with E-state index in [0.29, 0.717) is 12.1 Å². The number of carbonyl (C=O) groups is 2. The Hall–Kier alpha value is -3.06. The molecule has 3 rings (SSSR count). The molecule has 0 spiro atoms. The SMILES string of the molecule is Cc1ccnn1-c1ccc(C(=O)OCC(=O)NCCCSc2ccccc2)cc1. The summed E-state index contributed by atoms with van der Waals surface area (Å²) in [6.45, 7) is 2.22. The van der Waals surface area contributed by atoms with Gasteiger partial charge >= 0.3 is 5.97 Å². The number of ether oxygens (including phenoxy) is 1. The number of benzene rings is 2. The highest BCUT2D eigenvalue weighted by Crippen LogP contribution is 2.17. The maximum absolute atomic E-state index is 12.1. The Morgan fingerprint density at radius 1 is 1.07 bits per heavy atom. The van der Waals surface area contributed by atoms with Crippen molar-refractivity contribution >= 4 is 23.6 Å². The Kier molecular flexibility index (Phi) is 7.47. The number of nitrogens with one attached hydrogen (secondary N) is 1. The lowest BCUT2D eigenvalue weighted by molar-refractivity contribution is -0.124. The summed E-state index contributed by atoms with van der Waals surface area (Å²) < 4.78 is 6.87. The molecule has 0 aliphatic rings. The zero-order valence-corrected chi connectivity index (χ0v) is 17.0. The van der Waals surface area contributed by atoms with Crippen molar-refractivity contribution in [2.75, 3.05) is 18.9 Å². The molecule has 7 heteroatoms. The van der Waals surface area contributed by atoms with Crippen LogP contribution in [0.4, 0.5) is 0 Å². The molecule has 0 aliphatic heterocycles. The molecule has 0 bridgehead atoms. The van der Waals surface area contributed by atoms with E-state index in [2.05, 4.69) is 22.5 Å². The fraction of sp³-hybridized carbons (Fsp3) is 0.227. The highest BCUT2D eigenvalue weighted by atomic mass is 32.2. The predicted molar refractivity (Wildman–Crippen MR) is 113 cm³/mol. The van der Waals surface area contributed by atoms with E-state index in [1.807, 2.05) is 31.2 Å². The number of hydrogen-bond acceptors (Lipinski definition) is 5. The number of thioether (sulfide) groups is 1. The third-order valence-electron chi connectivity index (χ3n) is 4.17. The maximum Gasteiger partial charge on any atom is 0.338 e. The van der Waals surface area contributed by atoms with Crippen LogP contribution in [-0.2, 0) is 9.53 Å². The van der Waals surface area contributed by atoms with Crippen LogP contribution in [0.3, 0.4) is 0 Å². The molecule has 2 aromatic carbocycles. The molecular weight excluding hydrogens is 386 g/mol. The molecule has 1 heterocycles. The van der Waals surface area contributed by atoms with E-state index in [9.17, 15) is 9.59 Å². The van der Waals surface area contributed by atoms with E-state index in [1.54, 1.807) is 46.9 Å². The van der Waals surface area contributed by atoms with Gasteiger partial charge in [0.2, 0.25) is 0 Å². The van der Waals surface area contributed by atoms with Crippen molar-refractivity contribution in [1.29, 1.82) is 0 Å². The average Bonchev–Trinajstić information content (AvgIpc) is 3.18. The molecule has 6 nitrogen and oxygen atoms in total. The number of aryl methyl sites for hydroxylation is 1. The van der Waals surface area contributed by atoms with Crippen LogP contribution in [0.1, 0.15) is 22.5 Å². The first kappa shape index (κ1) is 20.7. The predicted octanol–water partition coefficient (Wildman–Crippen LogP) is 3.64. The minimum Gasteiger partial charge on any atom is -0.452 e. The standard InChI is InChI=1S/C22H23N3O3S/c1-17-12-14-24-25(17)19-10-8-18(9-11-19)22(27)28-16-21(26)23-13-5-15-29-20-6-3-2-4-7-20/h2-4,6-12,14H,5,13,15-16H2,1H3,(H,23,26). The van der Waals surface area contributed by atoms with Crippen molar-refractivity contribution in [1.82, 2.24) is 15.1 Å². The van der Waals surface area contributed by atoms with Crippen LogP contribution in [-0.4, -0.2) is 40.6 Å². The molecule has 0 saturated heterocycles. The molecule has 1 N–H and O–H groups in total. The van der Waals surface area contributed by atoms with Gasteiger partial charge in [0.25, 0.3) is 5.91 Å². The zero-order chi connectivity index (χ0) is 20.5. The molecule has 29 heavy (non-hydrogen) atoms. The maximum atomic E-state index is 12.1. The molecular formula is C22H23N3O3S. The third-order valence-corrected chi connectivity index (χ3v) is 5.27. The molecule has 0 saturated carbocycles. The van der Waals surface area contributed by atoms with E-state index in [-0.39, 0.29) is 12.5 Å². The monoisotopic (exact) mass is 409 g/mol. The number of hydrogen-bond donors (Lipinski definition) is 1. The summed E-state index contributed by atoms with van der Waals surface area (Å²) in [6.07, 6.45) is 2.56. The lowest BCUT2D eigenvalue weighted by atomic mass is 10.2. The average molecular weight is 410 g/mol. The molecule has 1 aromatic heterocycles. The fourth-order valence-corrected chi connectivity index (χ4v) is 3.52. The van der Waals surface area contributed by atoms with Gasteiger partial charge in [0.15, 0.2) is 6.61 Å². The highest BCUT2D eigenvalue weighted by Gasteiger charge is 2.10. The van der Waals surface area contributed by atoms with Gasteiger partial charge in [-0.05, 0) is 61.6 Å². The van der Waals surface area contributed by atoms with Crippen LogP contribution in [0.15, 0.2) is 71.8 Å². The van der Waals surface area contributed by atoms with Crippen molar-refractivity contribution in [3.63, 3.8) is 0 Å². The molecule has 0 unspecified atom stereocenters. The van der Waals surface area contributed by atoms with Crippen molar-refractivity contribution in [2.24, 2.45) is 0 Å². The quantitative estimate of drug-likeness (QED) is 0.332. The molecule has 150 valence electrons. The van der Waals surface area contributed by atoms with Crippen LogP contribution in [0, 0.1) is 6.92 Å². The minimum atomic E-state index is -0.525. The van der Waals surface area contributed by atoms with Gasteiger partial charge in [0.1, 0.15) is 0 Å². The van der Waals surface area contributed by atoms with Crippen molar-refractivity contribution in [3.05, 3.63) is 78.1 Å². The van der Waals surface area contributed by atoms with Gasteiger partial charge in [-0.25, -0.2) is 9.48 Å². The smallest absolute Gasteiger partial charge is 0.338 e. The third kappa shape index (κ3) is 6.22. The Labute approximate surface area is 174 Å². The molecule has 3 aromatic rings. The summed E-state index contributed by atoms with van der Waals surface area (Å²) in [7, 11) is 0. The van der Waals surface area contributed by atoms with Crippen LogP contribution in [0.5, 0.6) is 0 Å². The van der Waals surface area contributed by atoms with Gasteiger partial charge < -0.3 is 10.1 Å². The van der Waals surface area contributed by atoms with Crippen molar-refractivity contribution < 1.29 is 14.3 Å². The lowest BCUT2D eigenvalue weighted by Crippen LogP contribution is -2.29. The molecule has 0 aliphatic carbocycles. The van der Waals surface area contributed by atoms with E-state index < -0.39 is 5.97 Å². The van der Waals surface area contributed by atoms with Gasteiger partial charge in [-0.1, -0.05) is 18.2 Å². The largest absolute Gasteiger partial charge is 0.452 e. The summed E-state index contributed by atoms with van der Waals surface area (Å²) >= 11 is 1.75. The van der Waals surface area contributed by atoms with Crippen molar-refractivity contribution in [3.8, 4) is 5.69 Å². The summed E-state index contributed by atoms with van der Waals surface area (Å²) in [5, 5.41) is 6.99. The van der Waals surface area contributed by atoms with Crippen LogP contribution in [0.2, 0.25) is 0 Å². The van der Waals surface area contributed by atoms with Crippen molar-refractivity contribution in [2.45, 2.75) is 18.2 Å². The van der Waals surface area contributed by atoms with Gasteiger partial charge in [-0.3, -0.25) is 4.79 Å². The van der Waals surface area contributed by atoms with Gasteiger partial charge in [0, 0.05) is 23.3 Å². The summed E-state index contributed by atoms with van der Waals surface area (Å²) in [5.74, 6) is 0.0852. The summed E-state index contributed by atoms with van der Waals surface area (Å²) in [6, 6.07) is 18.9. The number of esters is 1. The number of carbonyl (C=O) groups excluding carboxylic acids is 2. The van der Waals surface area contributed by atoms with Crippen LogP contribution < -0.4 is 5.32 Å². The van der Waals surface area contributed by atoms with Gasteiger partial charge in [-0.15, -0.1) is 11.8 Å². The Balaban J connectivity index is 1.35. The first-order valence-electron chi connectivity index (χ1n) is 9.36.